The van der Waals surface area contributed by atoms with Crippen molar-refractivity contribution < 1.29 is 14.3 Å². The molecule has 1 aromatic rings. The molecule has 2 rings (SSSR count). The van der Waals surface area contributed by atoms with Crippen LogP contribution < -0.4 is 10.1 Å². The van der Waals surface area contributed by atoms with Gasteiger partial charge < -0.3 is 19.7 Å². The van der Waals surface area contributed by atoms with Crippen LogP contribution in [0.4, 0.5) is 4.79 Å². The number of likely N-dealkylation sites (tertiary alicyclic amines) is 1. The Morgan fingerprint density at radius 2 is 2.10 bits per heavy atom. The molecule has 1 aliphatic heterocycles. The Hall–Kier alpha value is -1.75. The van der Waals surface area contributed by atoms with Gasteiger partial charge in [-0.3, -0.25) is 0 Å². The molecule has 1 saturated heterocycles. The Kier molecular flexibility index (Phi) is 5.24. The standard InChI is InChI=1S/C15H22N2O3/c1-19-10-8-16-15(18)17-9-7-13(11-17)12-3-5-14(20-2)6-4-12/h3-6,13H,7-11H2,1-2H3,(H,16,18). The highest BCUT2D eigenvalue weighted by atomic mass is 16.5. The van der Waals surface area contributed by atoms with Crippen molar-refractivity contribution in [2.45, 2.75) is 12.3 Å². The zero-order chi connectivity index (χ0) is 14.4. The number of nitrogens with zero attached hydrogens (tertiary/aromatic N) is 1. The molecule has 1 fully saturated rings. The summed E-state index contributed by atoms with van der Waals surface area (Å²) in [4.78, 5) is 13.8. The van der Waals surface area contributed by atoms with Crippen LogP contribution in [0.3, 0.4) is 0 Å². The van der Waals surface area contributed by atoms with E-state index in [0.29, 0.717) is 19.1 Å². The molecule has 20 heavy (non-hydrogen) atoms. The van der Waals surface area contributed by atoms with Gasteiger partial charge in [-0.2, -0.15) is 0 Å². The normalized spacial score (nSPS) is 18.1. The first-order valence-corrected chi connectivity index (χ1v) is 6.90. The number of urea groups is 1. The predicted octanol–water partition coefficient (Wildman–Crippen LogP) is 1.84. The van der Waals surface area contributed by atoms with E-state index in [1.54, 1.807) is 14.2 Å². The minimum Gasteiger partial charge on any atom is -0.497 e. The Morgan fingerprint density at radius 1 is 1.35 bits per heavy atom. The van der Waals surface area contributed by atoms with Crippen molar-refractivity contribution in [2.75, 3.05) is 40.5 Å². The summed E-state index contributed by atoms with van der Waals surface area (Å²) >= 11 is 0. The fourth-order valence-electron chi connectivity index (χ4n) is 2.46. The van der Waals surface area contributed by atoms with Crippen molar-refractivity contribution in [3.05, 3.63) is 29.8 Å². The molecule has 0 radical (unpaired) electrons. The summed E-state index contributed by atoms with van der Waals surface area (Å²) in [6, 6.07) is 8.09. The lowest BCUT2D eigenvalue weighted by Gasteiger charge is -2.17. The van der Waals surface area contributed by atoms with E-state index in [-0.39, 0.29) is 6.03 Å². The zero-order valence-corrected chi connectivity index (χ0v) is 12.1. The molecule has 0 saturated carbocycles. The molecule has 1 unspecified atom stereocenters. The van der Waals surface area contributed by atoms with Crippen LogP contribution in [-0.4, -0.2) is 51.4 Å². The number of rotatable bonds is 5. The highest BCUT2D eigenvalue weighted by Gasteiger charge is 2.26. The van der Waals surface area contributed by atoms with Crippen LogP contribution >= 0.6 is 0 Å². The zero-order valence-electron chi connectivity index (χ0n) is 12.1. The molecule has 5 heteroatoms. The van der Waals surface area contributed by atoms with Crippen molar-refractivity contribution >= 4 is 6.03 Å². The van der Waals surface area contributed by atoms with Crippen LogP contribution in [0.25, 0.3) is 0 Å². The molecule has 0 bridgehead atoms. The first kappa shape index (κ1) is 14.7. The maximum atomic E-state index is 11.9. The number of carbonyl (C=O) groups is 1. The molecule has 0 aromatic heterocycles. The van der Waals surface area contributed by atoms with Gasteiger partial charge in [-0.05, 0) is 24.1 Å². The average molecular weight is 278 g/mol. The quantitative estimate of drug-likeness (QED) is 0.836. The van der Waals surface area contributed by atoms with Gasteiger partial charge in [-0.25, -0.2) is 4.79 Å². The van der Waals surface area contributed by atoms with Gasteiger partial charge in [0.15, 0.2) is 0 Å². The summed E-state index contributed by atoms with van der Waals surface area (Å²) < 4.78 is 10.1. The summed E-state index contributed by atoms with van der Waals surface area (Å²) in [6.45, 7) is 2.67. The fourth-order valence-corrected chi connectivity index (χ4v) is 2.46. The number of methoxy groups -OCH3 is 2. The number of hydrogen-bond acceptors (Lipinski definition) is 3. The number of ether oxygens (including phenoxy) is 2. The lowest BCUT2D eigenvalue weighted by molar-refractivity contribution is 0.185. The molecule has 0 spiro atoms. The van der Waals surface area contributed by atoms with Gasteiger partial charge in [0.1, 0.15) is 5.75 Å². The van der Waals surface area contributed by atoms with E-state index < -0.39 is 0 Å². The van der Waals surface area contributed by atoms with Crippen molar-refractivity contribution in [1.29, 1.82) is 0 Å². The Bertz CT molecular complexity index is 433. The minimum atomic E-state index is -0.00179. The predicted molar refractivity (Wildman–Crippen MR) is 77.2 cm³/mol. The highest BCUT2D eigenvalue weighted by Crippen LogP contribution is 2.28. The molecule has 110 valence electrons. The topological polar surface area (TPSA) is 50.8 Å². The van der Waals surface area contributed by atoms with Gasteiger partial charge >= 0.3 is 6.03 Å². The number of hydrogen-bond donors (Lipinski definition) is 1. The molecule has 1 aliphatic rings. The largest absolute Gasteiger partial charge is 0.497 e. The Balaban J connectivity index is 1.86. The Labute approximate surface area is 119 Å². The van der Waals surface area contributed by atoms with Crippen molar-refractivity contribution in [1.82, 2.24) is 10.2 Å². The number of nitrogens with one attached hydrogen (secondary N) is 1. The molecule has 5 nitrogen and oxygen atoms in total. The summed E-state index contributed by atoms with van der Waals surface area (Å²) in [5.74, 6) is 1.27. The molecular formula is C15H22N2O3. The molecule has 1 heterocycles. The van der Waals surface area contributed by atoms with Crippen LogP contribution in [0.15, 0.2) is 24.3 Å². The molecule has 1 N–H and O–H groups in total. The van der Waals surface area contributed by atoms with Gasteiger partial charge in [-0.1, -0.05) is 12.1 Å². The summed E-state index contributed by atoms with van der Waals surface area (Å²) in [5.41, 5.74) is 1.26. The van der Waals surface area contributed by atoms with E-state index in [9.17, 15) is 4.79 Å². The highest BCUT2D eigenvalue weighted by molar-refractivity contribution is 5.74. The van der Waals surface area contributed by atoms with Gasteiger partial charge in [0.25, 0.3) is 0 Å². The van der Waals surface area contributed by atoms with E-state index >= 15 is 0 Å². The van der Waals surface area contributed by atoms with E-state index in [2.05, 4.69) is 17.4 Å². The van der Waals surface area contributed by atoms with Crippen molar-refractivity contribution in [2.24, 2.45) is 0 Å². The minimum absolute atomic E-state index is 0.00179. The number of carbonyl (C=O) groups excluding carboxylic acids is 1. The molecule has 0 aliphatic carbocycles. The van der Waals surface area contributed by atoms with E-state index in [1.807, 2.05) is 17.0 Å². The van der Waals surface area contributed by atoms with Gasteiger partial charge in [0.05, 0.1) is 13.7 Å². The number of benzene rings is 1. The van der Waals surface area contributed by atoms with Crippen molar-refractivity contribution in [3.8, 4) is 5.75 Å². The maximum absolute atomic E-state index is 11.9. The van der Waals surface area contributed by atoms with Gasteiger partial charge in [-0.15, -0.1) is 0 Å². The monoisotopic (exact) mass is 278 g/mol. The number of amides is 2. The van der Waals surface area contributed by atoms with E-state index in [0.717, 1.165) is 25.3 Å². The third kappa shape index (κ3) is 3.63. The van der Waals surface area contributed by atoms with Gasteiger partial charge in [0.2, 0.25) is 0 Å². The fraction of sp³-hybridized carbons (Fsp3) is 0.533. The summed E-state index contributed by atoms with van der Waals surface area (Å²) in [7, 11) is 3.29. The van der Waals surface area contributed by atoms with E-state index in [1.165, 1.54) is 5.56 Å². The summed E-state index contributed by atoms with van der Waals surface area (Å²) in [6.07, 6.45) is 1.00. The van der Waals surface area contributed by atoms with Crippen LogP contribution in [0, 0.1) is 0 Å². The Morgan fingerprint density at radius 3 is 2.75 bits per heavy atom. The lowest BCUT2D eigenvalue weighted by atomic mass is 9.98. The van der Waals surface area contributed by atoms with E-state index in [4.69, 9.17) is 9.47 Å². The first-order valence-electron chi connectivity index (χ1n) is 6.90. The second-order valence-corrected chi connectivity index (χ2v) is 4.93. The van der Waals surface area contributed by atoms with Gasteiger partial charge in [0, 0.05) is 32.7 Å². The smallest absolute Gasteiger partial charge is 0.317 e. The maximum Gasteiger partial charge on any atom is 0.317 e. The van der Waals surface area contributed by atoms with Crippen LogP contribution in [0.1, 0.15) is 17.9 Å². The molecule has 1 atom stereocenters. The SMILES string of the molecule is COCCNC(=O)N1CCC(c2ccc(OC)cc2)C1. The third-order valence-corrected chi connectivity index (χ3v) is 3.65. The second kappa shape index (κ2) is 7.14. The lowest BCUT2D eigenvalue weighted by Crippen LogP contribution is -2.39. The van der Waals surface area contributed by atoms with Crippen LogP contribution in [-0.2, 0) is 4.74 Å². The molecule has 1 aromatic carbocycles. The molecular weight excluding hydrogens is 256 g/mol. The van der Waals surface area contributed by atoms with Crippen molar-refractivity contribution in [3.63, 3.8) is 0 Å². The average Bonchev–Trinajstić information content (AvgIpc) is 2.97. The molecule has 2 amide bonds. The van der Waals surface area contributed by atoms with Crippen LogP contribution in [0.5, 0.6) is 5.75 Å². The third-order valence-electron chi connectivity index (χ3n) is 3.65. The van der Waals surface area contributed by atoms with Crippen LogP contribution in [0.2, 0.25) is 0 Å². The first-order chi connectivity index (χ1) is 9.74. The summed E-state index contributed by atoms with van der Waals surface area (Å²) in [5, 5.41) is 2.86. The second-order valence-electron chi connectivity index (χ2n) is 4.93.